The van der Waals surface area contributed by atoms with E-state index in [9.17, 15) is 18.3 Å². The molecule has 0 amide bonds. The summed E-state index contributed by atoms with van der Waals surface area (Å²) in [6.07, 6.45) is 0. The van der Waals surface area contributed by atoms with Crippen molar-refractivity contribution in [2.45, 2.75) is 10.9 Å². The molecule has 1 aromatic rings. The molecule has 80 valence electrons. The van der Waals surface area contributed by atoms with Crippen molar-refractivity contribution < 1.29 is 23.4 Å². The zero-order valence-electron chi connectivity index (χ0n) is 7.34. The number of aromatic hydroxyl groups is 1. The molecule has 3 N–H and O–H groups in total. The lowest BCUT2D eigenvalue weighted by Gasteiger charge is -2.04. The van der Waals surface area contributed by atoms with Crippen LogP contribution >= 0.6 is 0 Å². The summed E-state index contributed by atoms with van der Waals surface area (Å²) in [6, 6.07) is 2.43. The van der Waals surface area contributed by atoms with Crippen molar-refractivity contribution in [3.8, 4) is 5.75 Å². The quantitative estimate of drug-likeness (QED) is 0.619. The molecule has 0 aliphatic carbocycles. The van der Waals surface area contributed by atoms with Crippen LogP contribution < -0.4 is 4.72 Å². The Hall–Kier alpha value is -1.60. The Labute approximate surface area is 85.2 Å². The molecule has 1 aromatic carbocycles. The van der Waals surface area contributed by atoms with Crippen LogP contribution in [-0.4, -0.2) is 24.6 Å². The number of phenols is 1. The third-order valence-corrected chi connectivity index (χ3v) is 3.62. The molecule has 1 atom stereocenters. The van der Waals surface area contributed by atoms with Gasteiger partial charge in [0.05, 0.1) is 4.90 Å². The summed E-state index contributed by atoms with van der Waals surface area (Å²) in [7, 11) is -3.81. The van der Waals surface area contributed by atoms with Gasteiger partial charge in [-0.3, -0.25) is 4.79 Å². The largest absolute Gasteiger partial charge is 0.508 e. The highest BCUT2D eigenvalue weighted by Crippen LogP contribution is 2.36. The molecule has 0 saturated heterocycles. The molecule has 1 heterocycles. The lowest BCUT2D eigenvalue weighted by atomic mass is 10.1. The van der Waals surface area contributed by atoms with Gasteiger partial charge in [-0.05, 0) is 12.1 Å². The topological polar surface area (TPSA) is 104 Å². The number of hydrogen-bond donors (Lipinski definition) is 3. The first-order valence-corrected chi connectivity index (χ1v) is 5.49. The van der Waals surface area contributed by atoms with Crippen molar-refractivity contribution in [2.24, 2.45) is 0 Å². The van der Waals surface area contributed by atoms with Crippen LogP contribution in [0.4, 0.5) is 0 Å². The summed E-state index contributed by atoms with van der Waals surface area (Å²) in [5, 5.41) is 18.2. The summed E-state index contributed by atoms with van der Waals surface area (Å²) in [6.45, 7) is 0. The normalized spacial score (nSPS) is 22.3. The number of carboxylic acids is 1. The smallest absolute Gasteiger partial charge is 0.326 e. The third-order valence-electron chi connectivity index (χ3n) is 2.14. The maximum Gasteiger partial charge on any atom is 0.326 e. The summed E-state index contributed by atoms with van der Waals surface area (Å²) in [5.74, 6) is -1.69. The van der Waals surface area contributed by atoms with E-state index >= 15 is 0 Å². The van der Waals surface area contributed by atoms with Crippen LogP contribution in [-0.2, 0) is 14.8 Å². The van der Waals surface area contributed by atoms with Crippen LogP contribution in [0.5, 0.6) is 5.75 Å². The number of hydrogen-bond acceptors (Lipinski definition) is 4. The Morgan fingerprint density at radius 1 is 1.40 bits per heavy atom. The Bertz CT molecular complexity index is 536. The van der Waals surface area contributed by atoms with E-state index in [1.54, 1.807) is 0 Å². The Morgan fingerprint density at radius 3 is 2.67 bits per heavy atom. The van der Waals surface area contributed by atoms with Crippen molar-refractivity contribution in [3.63, 3.8) is 0 Å². The molecule has 2 rings (SSSR count). The molecular weight excluding hydrogens is 222 g/mol. The zero-order valence-corrected chi connectivity index (χ0v) is 8.15. The van der Waals surface area contributed by atoms with Crippen LogP contribution in [0.15, 0.2) is 23.1 Å². The molecule has 0 bridgehead atoms. The molecular formula is C8H7NO5S. The molecule has 6 nitrogen and oxygen atoms in total. The van der Waals surface area contributed by atoms with Crippen LogP contribution in [0.3, 0.4) is 0 Å². The number of carbonyl (C=O) groups is 1. The first-order chi connectivity index (χ1) is 6.93. The number of aliphatic carboxylic acids is 1. The third kappa shape index (κ3) is 1.36. The number of rotatable bonds is 1. The number of fused-ring (bicyclic) bond motifs is 1. The van der Waals surface area contributed by atoms with E-state index < -0.39 is 22.0 Å². The fourth-order valence-electron chi connectivity index (χ4n) is 1.51. The number of benzene rings is 1. The number of sulfonamides is 1. The molecule has 0 fully saturated rings. The van der Waals surface area contributed by atoms with Gasteiger partial charge in [-0.2, -0.15) is 4.72 Å². The van der Waals surface area contributed by atoms with Gasteiger partial charge in [-0.25, -0.2) is 8.42 Å². The second-order valence-corrected chi connectivity index (χ2v) is 4.76. The van der Waals surface area contributed by atoms with Gasteiger partial charge in [-0.1, -0.05) is 6.07 Å². The number of phenolic OH excluding ortho intramolecular Hbond substituents is 1. The van der Waals surface area contributed by atoms with Crippen molar-refractivity contribution in [3.05, 3.63) is 23.8 Å². The average Bonchev–Trinajstić information content (AvgIpc) is 2.40. The van der Waals surface area contributed by atoms with Gasteiger partial charge < -0.3 is 10.2 Å². The van der Waals surface area contributed by atoms with Gasteiger partial charge in [0, 0.05) is 5.56 Å². The van der Waals surface area contributed by atoms with Crippen LogP contribution in [0.2, 0.25) is 0 Å². The lowest BCUT2D eigenvalue weighted by molar-refractivity contribution is -0.139. The second-order valence-electron chi connectivity index (χ2n) is 3.08. The van der Waals surface area contributed by atoms with E-state index in [0.717, 1.165) is 0 Å². The molecule has 1 aliphatic heterocycles. The SMILES string of the molecule is O=C(O)C1NS(=O)(=O)c2cccc(O)c21. The van der Waals surface area contributed by atoms with Gasteiger partial charge in [0.15, 0.2) is 0 Å². The predicted octanol–water partition coefficient (Wildman–Crippen LogP) is -0.190. The van der Waals surface area contributed by atoms with Gasteiger partial charge in [0.2, 0.25) is 10.0 Å². The fourth-order valence-corrected chi connectivity index (χ4v) is 2.93. The number of nitrogens with one attached hydrogen (secondary N) is 1. The standard InChI is InChI=1S/C8H7NO5S/c10-4-2-1-3-5-6(4)7(8(11)12)9-15(5,13)14/h1-3,7,9-10H,(H,11,12). The first kappa shape index (κ1) is 9.94. The molecule has 0 aromatic heterocycles. The molecule has 0 spiro atoms. The summed E-state index contributed by atoms with van der Waals surface area (Å²) < 4.78 is 24.8. The summed E-state index contributed by atoms with van der Waals surface area (Å²) in [5.41, 5.74) is -0.106. The monoisotopic (exact) mass is 229 g/mol. The summed E-state index contributed by atoms with van der Waals surface area (Å²) >= 11 is 0. The van der Waals surface area contributed by atoms with E-state index in [1.807, 2.05) is 4.72 Å². The van der Waals surface area contributed by atoms with E-state index in [2.05, 4.69) is 0 Å². The highest BCUT2D eigenvalue weighted by atomic mass is 32.2. The lowest BCUT2D eigenvalue weighted by Crippen LogP contribution is -2.25. The van der Waals surface area contributed by atoms with E-state index in [4.69, 9.17) is 5.11 Å². The second kappa shape index (κ2) is 2.94. The molecule has 1 aliphatic rings. The van der Waals surface area contributed by atoms with Gasteiger partial charge >= 0.3 is 5.97 Å². The Balaban J connectivity index is 2.75. The minimum absolute atomic E-state index is 0.106. The molecule has 0 radical (unpaired) electrons. The minimum Gasteiger partial charge on any atom is -0.508 e. The first-order valence-electron chi connectivity index (χ1n) is 4.00. The van der Waals surface area contributed by atoms with E-state index in [-0.39, 0.29) is 16.2 Å². The predicted molar refractivity (Wildman–Crippen MR) is 48.8 cm³/mol. The highest BCUT2D eigenvalue weighted by Gasteiger charge is 2.40. The maximum atomic E-state index is 11.4. The highest BCUT2D eigenvalue weighted by molar-refractivity contribution is 7.89. The number of carboxylic acid groups (broad SMARTS) is 1. The molecule has 7 heteroatoms. The maximum absolute atomic E-state index is 11.4. The average molecular weight is 229 g/mol. The fraction of sp³-hybridized carbons (Fsp3) is 0.125. The van der Waals surface area contributed by atoms with E-state index in [1.165, 1.54) is 18.2 Å². The van der Waals surface area contributed by atoms with Crippen molar-refractivity contribution in [1.82, 2.24) is 4.72 Å². The minimum atomic E-state index is -3.81. The molecule has 15 heavy (non-hydrogen) atoms. The molecule has 0 saturated carbocycles. The Morgan fingerprint density at radius 2 is 2.07 bits per heavy atom. The molecule has 1 unspecified atom stereocenters. The van der Waals surface area contributed by atoms with Gasteiger partial charge in [0.1, 0.15) is 11.8 Å². The van der Waals surface area contributed by atoms with E-state index in [0.29, 0.717) is 0 Å². The van der Waals surface area contributed by atoms with Crippen LogP contribution in [0.25, 0.3) is 0 Å². The van der Waals surface area contributed by atoms with Gasteiger partial charge in [-0.15, -0.1) is 0 Å². The van der Waals surface area contributed by atoms with Crippen molar-refractivity contribution >= 4 is 16.0 Å². The van der Waals surface area contributed by atoms with Crippen molar-refractivity contribution in [1.29, 1.82) is 0 Å². The zero-order chi connectivity index (χ0) is 11.2. The van der Waals surface area contributed by atoms with Crippen LogP contribution in [0.1, 0.15) is 11.6 Å². The summed E-state index contributed by atoms with van der Waals surface area (Å²) in [4.78, 5) is 10.6. The Kier molecular flexibility index (Phi) is 1.95. The van der Waals surface area contributed by atoms with Crippen molar-refractivity contribution in [2.75, 3.05) is 0 Å². The van der Waals surface area contributed by atoms with Gasteiger partial charge in [0.25, 0.3) is 0 Å². The van der Waals surface area contributed by atoms with Crippen LogP contribution in [0, 0.1) is 0 Å².